The molecule has 0 aromatic carbocycles. The van der Waals surface area contributed by atoms with Gasteiger partial charge in [0, 0.05) is 55.0 Å². The Hall–Kier alpha value is -2.23. The second-order valence-electron chi connectivity index (χ2n) is 8.88. The highest BCUT2D eigenvalue weighted by Gasteiger charge is 2.39. The number of β-amino-alcohol motifs (C(OH)–C–C–N with tert-alkyl or cyclic N) is 1. The van der Waals surface area contributed by atoms with Crippen LogP contribution in [0, 0.1) is 5.92 Å². The molecule has 8 nitrogen and oxygen atoms in total. The number of piperidine rings is 1. The molecule has 30 heavy (non-hydrogen) atoms. The second kappa shape index (κ2) is 7.18. The van der Waals surface area contributed by atoms with E-state index in [9.17, 15) is 13.5 Å². The van der Waals surface area contributed by atoms with Gasteiger partial charge in [0.1, 0.15) is 0 Å². The number of fused-ring (bicyclic) bond motifs is 3. The van der Waals surface area contributed by atoms with Crippen molar-refractivity contribution < 1.29 is 13.5 Å². The van der Waals surface area contributed by atoms with Crippen LogP contribution in [0.25, 0.3) is 21.9 Å². The van der Waals surface area contributed by atoms with Gasteiger partial charge in [0.15, 0.2) is 5.65 Å². The van der Waals surface area contributed by atoms with E-state index in [2.05, 4.69) is 25.9 Å². The summed E-state index contributed by atoms with van der Waals surface area (Å²) < 4.78 is 27.1. The lowest BCUT2D eigenvalue weighted by atomic mass is 9.98. The van der Waals surface area contributed by atoms with Crippen LogP contribution in [0.4, 0.5) is 5.69 Å². The number of hydrogen-bond acceptors (Lipinski definition) is 6. The number of aromatic nitrogens is 3. The molecular weight excluding hydrogens is 402 g/mol. The lowest BCUT2D eigenvalue weighted by Gasteiger charge is -2.34. The number of aliphatic hydroxyl groups is 1. The Kier molecular flexibility index (Phi) is 4.72. The highest BCUT2D eigenvalue weighted by Crippen LogP contribution is 2.34. The molecule has 9 heteroatoms. The number of rotatable bonds is 4. The smallest absolute Gasteiger partial charge is 0.214 e. The van der Waals surface area contributed by atoms with Gasteiger partial charge in [-0.25, -0.2) is 18.4 Å². The number of anilines is 1. The van der Waals surface area contributed by atoms with Crippen molar-refractivity contribution in [2.75, 3.05) is 36.8 Å². The Morgan fingerprint density at radius 3 is 2.77 bits per heavy atom. The average Bonchev–Trinajstić information content (AvgIpc) is 3.34. The molecule has 0 bridgehead atoms. The summed E-state index contributed by atoms with van der Waals surface area (Å²) in [5.74, 6) is 0.307. The Balaban J connectivity index is 1.32. The first-order valence-corrected chi connectivity index (χ1v) is 12.1. The summed E-state index contributed by atoms with van der Waals surface area (Å²) in [4.78, 5) is 14.3. The molecule has 0 saturated carbocycles. The van der Waals surface area contributed by atoms with Crippen molar-refractivity contribution in [2.24, 2.45) is 5.92 Å². The molecule has 160 valence electrons. The van der Waals surface area contributed by atoms with E-state index >= 15 is 0 Å². The van der Waals surface area contributed by atoms with Crippen LogP contribution in [0.2, 0.25) is 0 Å². The van der Waals surface area contributed by atoms with E-state index in [4.69, 9.17) is 0 Å². The van der Waals surface area contributed by atoms with Crippen LogP contribution >= 0.6 is 0 Å². The van der Waals surface area contributed by atoms with E-state index in [0.29, 0.717) is 13.0 Å². The highest BCUT2D eigenvalue weighted by atomic mass is 32.2. The van der Waals surface area contributed by atoms with Crippen LogP contribution in [0.1, 0.15) is 26.2 Å². The zero-order valence-electron chi connectivity index (χ0n) is 17.1. The number of sulfonamides is 1. The predicted octanol–water partition coefficient (Wildman–Crippen LogP) is 2.11. The van der Waals surface area contributed by atoms with Crippen LogP contribution < -0.4 is 4.90 Å². The highest BCUT2D eigenvalue weighted by molar-refractivity contribution is 7.89. The molecule has 0 spiro atoms. The van der Waals surface area contributed by atoms with Crippen molar-refractivity contribution >= 4 is 37.6 Å². The Labute approximate surface area is 176 Å². The van der Waals surface area contributed by atoms with E-state index in [1.807, 2.05) is 18.5 Å². The van der Waals surface area contributed by atoms with E-state index < -0.39 is 15.6 Å². The van der Waals surface area contributed by atoms with E-state index in [1.165, 1.54) is 4.31 Å². The topological polar surface area (TPSA) is 102 Å². The van der Waals surface area contributed by atoms with Gasteiger partial charge in [-0.05, 0) is 44.2 Å². The number of aromatic amines is 1. The SMILES string of the molecule is CC1(O)CCN(S(=O)(=O)CC2CCN(c3cc[nH]c4cnc5nccc5c34)CC2)C1. The van der Waals surface area contributed by atoms with E-state index in [-0.39, 0.29) is 18.2 Å². The third-order valence-electron chi connectivity index (χ3n) is 6.48. The van der Waals surface area contributed by atoms with Gasteiger partial charge in [0.25, 0.3) is 0 Å². The molecule has 5 heterocycles. The quantitative estimate of drug-likeness (QED) is 0.659. The number of H-pyrrole nitrogens is 1. The summed E-state index contributed by atoms with van der Waals surface area (Å²) in [5.41, 5.74) is 1.95. The molecule has 2 N–H and O–H groups in total. The normalized spacial score (nSPS) is 24.3. The van der Waals surface area contributed by atoms with Crippen LogP contribution in [0.15, 0.2) is 30.7 Å². The first kappa shape index (κ1) is 19.7. The van der Waals surface area contributed by atoms with E-state index in [1.54, 1.807) is 13.1 Å². The first-order valence-electron chi connectivity index (χ1n) is 10.5. The summed E-state index contributed by atoms with van der Waals surface area (Å²) in [6.45, 7) is 3.96. The number of pyridine rings is 2. The number of nitrogens with zero attached hydrogens (tertiary/aromatic N) is 4. The van der Waals surface area contributed by atoms with Gasteiger partial charge in [-0.1, -0.05) is 0 Å². The fourth-order valence-electron chi connectivity index (χ4n) is 4.79. The van der Waals surface area contributed by atoms with Crippen molar-refractivity contribution in [1.29, 1.82) is 0 Å². The molecule has 2 aliphatic rings. The summed E-state index contributed by atoms with van der Waals surface area (Å²) in [5, 5.41) is 12.3. The number of hydrogen-bond donors (Lipinski definition) is 2. The zero-order valence-corrected chi connectivity index (χ0v) is 17.9. The van der Waals surface area contributed by atoms with Gasteiger partial charge in [0.2, 0.25) is 10.0 Å². The molecule has 2 aliphatic heterocycles. The van der Waals surface area contributed by atoms with Crippen LogP contribution in [-0.2, 0) is 10.0 Å². The molecule has 5 rings (SSSR count). The molecule has 3 aromatic rings. The maximum Gasteiger partial charge on any atom is 0.214 e. The largest absolute Gasteiger partial charge is 0.389 e. The van der Waals surface area contributed by atoms with Gasteiger partial charge < -0.3 is 15.0 Å². The summed E-state index contributed by atoms with van der Waals surface area (Å²) in [6, 6.07) is 4.07. The molecule has 0 radical (unpaired) electrons. The van der Waals surface area contributed by atoms with Crippen molar-refractivity contribution in [2.45, 2.75) is 31.8 Å². The molecule has 1 atom stereocenters. The fraction of sp³-hybridized carbons (Fsp3) is 0.524. The van der Waals surface area contributed by atoms with Gasteiger partial charge >= 0.3 is 0 Å². The third-order valence-corrected chi connectivity index (χ3v) is 8.47. The van der Waals surface area contributed by atoms with Crippen molar-refractivity contribution in [3.8, 4) is 0 Å². The van der Waals surface area contributed by atoms with E-state index in [0.717, 1.165) is 53.6 Å². The maximum atomic E-state index is 12.8. The van der Waals surface area contributed by atoms with Crippen LogP contribution in [0.3, 0.4) is 0 Å². The van der Waals surface area contributed by atoms with Gasteiger partial charge in [0.05, 0.1) is 23.1 Å². The van der Waals surface area contributed by atoms with Gasteiger partial charge in [-0.2, -0.15) is 4.31 Å². The minimum Gasteiger partial charge on any atom is -0.389 e. The third kappa shape index (κ3) is 3.55. The van der Waals surface area contributed by atoms with Crippen molar-refractivity contribution in [3.05, 3.63) is 30.7 Å². The summed E-state index contributed by atoms with van der Waals surface area (Å²) >= 11 is 0. The predicted molar refractivity (Wildman–Crippen MR) is 117 cm³/mol. The lowest BCUT2D eigenvalue weighted by molar-refractivity contribution is 0.0762. The van der Waals surface area contributed by atoms with Gasteiger partial charge in [-0.3, -0.25) is 0 Å². The molecule has 2 fully saturated rings. The molecule has 0 amide bonds. The van der Waals surface area contributed by atoms with Gasteiger partial charge in [-0.15, -0.1) is 0 Å². The Morgan fingerprint density at radius 1 is 1.23 bits per heavy atom. The maximum absolute atomic E-state index is 12.8. The first-order chi connectivity index (χ1) is 14.3. The van der Waals surface area contributed by atoms with Crippen LogP contribution in [0.5, 0.6) is 0 Å². The molecular formula is C21H27N5O3S. The summed E-state index contributed by atoms with van der Waals surface area (Å²) in [6.07, 6.45) is 7.69. The minimum absolute atomic E-state index is 0.139. The second-order valence-corrected chi connectivity index (χ2v) is 10.9. The molecule has 3 aromatic heterocycles. The van der Waals surface area contributed by atoms with Crippen molar-refractivity contribution in [3.63, 3.8) is 0 Å². The summed E-state index contributed by atoms with van der Waals surface area (Å²) in [7, 11) is -3.34. The standard InChI is InChI=1S/C21H27N5O3S/c1-21(27)6-11-26(14-21)30(28,29)13-15-4-9-25(10-5-15)18-3-8-22-17-12-24-20-16(19(17)18)2-7-23-20/h2-3,7-8,12,15,22,27H,4-6,9-11,13-14H2,1H3. The zero-order chi connectivity index (χ0) is 20.9. The fourth-order valence-corrected chi connectivity index (χ4v) is 6.77. The lowest BCUT2D eigenvalue weighted by Crippen LogP contribution is -2.40. The molecule has 0 aliphatic carbocycles. The monoisotopic (exact) mass is 429 g/mol. The molecule has 1 unspecified atom stereocenters. The van der Waals surface area contributed by atoms with Crippen molar-refractivity contribution in [1.82, 2.24) is 19.3 Å². The minimum atomic E-state index is -3.34. The Morgan fingerprint density at radius 2 is 2.03 bits per heavy atom. The van der Waals surface area contributed by atoms with Crippen LogP contribution in [-0.4, -0.2) is 70.3 Å². The molecule has 2 saturated heterocycles. The number of nitrogens with one attached hydrogen (secondary N) is 1. The average molecular weight is 430 g/mol. The Bertz CT molecular complexity index is 1180.